The van der Waals surface area contributed by atoms with Crippen LogP contribution in [0.5, 0.6) is 0 Å². The van der Waals surface area contributed by atoms with Gasteiger partial charge in [0.05, 0.1) is 19.8 Å². The van der Waals surface area contributed by atoms with E-state index in [-0.39, 0.29) is 24.0 Å². The van der Waals surface area contributed by atoms with E-state index in [0.717, 1.165) is 51.8 Å². The van der Waals surface area contributed by atoms with Gasteiger partial charge in [0.1, 0.15) is 0 Å². The van der Waals surface area contributed by atoms with Crippen LogP contribution in [0.25, 0.3) is 0 Å². The molecule has 1 fully saturated rings. The Morgan fingerprint density at radius 3 is 2.31 bits per heavy atom. The lowest BCUT2D eigenvalue weighted by Crippen LogP contribution is -2.37. The first-order valence-electron chi connectivity index (χ1n) is 10.3. The van der Waals surface area contributed by atoms with Crippen molar-refractivity contribution in [1.82, 2.24) is 10.6 Å². The fraction of sp³-hybridized carbons (Fsp3) is 0.435. The van der Waals surface area contributed by atoms with Gasteiger partial charge in [-0.1, -0.05) is 43.3 Å². The Kier molecular flexibility index (Phi) is 10.3. The second-order valence-electron chi connectivity index (χ2n) is 6.94. The minimum Gasteiger partial charge on any atom is -0.378 e. The normalized spacial score (nSPS) is 14.3. The summed E-state index contributed by atoms with van der Waals surface area (Å²) < 4.78 is 5.43. The lowest BCUT2D eigenvalue weighted by Gasteiger charge is -2.28. The van der Waals surface area contributed by atoms with Crippen LogP contribution in [0.3, 0.4) is 0 Å². The van der Waals surface area contributed by atoms with Crippen molar-refractivity contribution in [2.75, 3.05) is 37.7 Å². The average molecular weight is 508 g/mol. The SMILES string of the molecule is CCNC(=NCc1ccc(N2CCOCC2)cc1)NCc1ccccc1CC.I. The van der Waals surface area contributed by atoms with Crippen LogP contribution < -0.4 is 15.5 Å². The van der Waals surface area contributed by atoms with Gasteiger partial charge >= 0.3 is 0 Å². The van der Waals surface area contributed by atoms with Gasteiger partial charge in [-0.3, -0.25) is 0 Å². The standard InChI is InChI=1S/C23H32N4O.HI/c1-3-20-7-5-6-8-21(20)18-26-23(24-4-2)25-17-19-9-11-22(12-10-19)27-13-15-28-16-14-27;/h5-12H,3-4,13-18H2,1-2H3,(H2,24,25,26);1H. The lowest BCUT2D eigenvalue weighted by molar-refractivity contribution is 0.122. The number of nitrogens with zero attached hydrogens (tertiary/aromatic N) is 2. The number of hydrogen-bond acceptors (Lipinski definition) is 3. The summed E-state index contributed by atoms with van der Waals surface area (Å²) in [6, 6.07) is 17.3. The Morgan fingerprint density at radius 1 is 0.966 bits per heavy atom. The van der Waals surface area contributed by atoms with Gasteiger partial charge in [-0.25, -0.2) is 4.99 Å². The number of anilines is 1. The average Bonchev–Trinajstić information content (AvgIpc) is 2.77. The van der Waals surface area contributed by atoms with Crippen LogP contribution >= 0.6 is 24.0 Å². The van der Waals surface area contributed by atoms with Crippen molar-refractivity contribution in [2.45, 2.75) is 33.4 Å². The Morgan fingerprint density at radius 2 is 1.66 bits per heavy atom. The predicted octanol–water partition coefficient (Wildman–Crippen LogP) is 3.96. The van der Waals surface area contributed by atoms with E-state index in [1.54, 1.807) is 0 Å². The second kappa shape index (κ2) is 12.7. The quantitative estimate of drug-likeness (QED) is 0.338. The van der Waals surface area contributed by atoms with Gasteiger partial charge in [-0.05, 0) is 42.2 Å². The number of aryl methyl sites for hydroxylation is 1. The fourth-order valence-corrected chi connectivity index (χ4v) is 3.40. The highest BCUT2D eigenvalue weighted by atomic mass is 127. The molecule has 0 spiro atoms. The molecule has 0 radical (unpaired) electrons. The van der Waals surface area contributed by atoms with Crippen molar-refractivity contribution < 1.29 is 4.74 Å². The number of benzene rings is 2. The van der Waals surface area contributed by atoms with Crippen LogP contribution in [0.2, 0.25) is 0 Å². The number of hydrogen-bond donors (Lipinski definition) is 2. The number of aliphatic imine (C=N–C) groups is 1. The predicted molar refractivity (Wildman–Crippen MR) is 132 cm³/mol. The number of halogens is 1. The summed E-state index contributed by atoms with van der Waals surface area (Å²) in [5.41, 5.74) is 5.18. The molecule has 2 aromatic rings. The lowest BCUT2D eigenvalue weighted by atomic mass is 10.1. The first-order chi connectivity index (χ1) is 13.8. The van der Waals surface area contributed by atoms with Gasteiger partial charge < -0.3 is 20.3 Å². The Bertz CT molecular complexity index is 758. The summed E-state index contributed by atoms with van der Waals surface area (Å²) in [5, 5.41) is 6.80. The third-order valence-corrected chi connectivity index (χ3v) is 5.02. The van der Waals surface area contributed by atoms with Crippen LogP contribution in [-0.4, -0.2) is 38.8 Å². The van der Waals surface area contributed by atoms with E-state index in [2.05, 4.69) is 77.9 Å². The molecular weight excluding hydrogens is 475 g/mol. The van der Waals surface area contributed by atoms with Crippen molar-refractivity contribution in [3.63, 3.8) is 0 Å². The van der Waals surface area contributed by atoms with Crippen LogP contribution in [0, 0.1) is 0 Å². The summed E-state index contributed by atoms with van der Waals surface area (Å²) in [5.74, 6) is 0.852. The molecule has 158 valence electrons. The molecule has 2 aromatic carbocycles. The van der Waals surface area contributed by atoms with E-state index in [9.17, 15) is 0 Å². The molecular formula is C23H33IN4O. The maximum absolute atomic E-state index is 5.43. The van der Waals surface area contributed by atoms with Crippen LogP contribution in [0.15, 0.2) is 53.5 Å². The minimum absolute atomic E-state index is 0. The molecule has 1 aliphatic heterocycles. The molecule has 5 nitrogen and oxygen atoms in total. The molecule has 0 bridgehead atoms. The van der Waals surface area contributed by atoms with Gasteiger partial charge in [0.2, 0.25) is 0 Å². The van der Waals surface area contributed by atoms with Gasteiger partial charge in [0, 0.05) is 31.9 Å². The van der Waals surface area contributed by atoms with Crippen molar-refractivity contribution in [3.05, 3.63) is 65.2 Å². The summed E-state index contributed by atoms with van der Waals surface area (Å²) in [4.78, 5) is 7.13. The third-order valence-electron chi connectivity index (χ3n) is 5.02. The Labute approximate surface area is 192 Å². The fourth-order valence-electron chi connectivity index (χ4n) is 3.40. The molecule has 0 atom stereocenters. The van der Waals surface area contributed by atoms with Crippen molar-refractivity contribution >= 4 is 35.6 Å². The van der Waals surface area contributed by atoms with Gasteiger partial charge in [-0.2, -0.15) is 0 Å². The van der Waals surface area contributed by atoms with E-state index < -0.39 is 0 Å². The van der Waals surface area contributed by atoms with E-state index >= 15 is 0 Å². The topological polar surface area (TPSA) is 48.9 Å². The smallest absolute Gasteiger partial charge is 0.191 e. The maximum atomic E-state index is 5.43. The first kappa shape index (κ1) is 23.5. The zero-order valence-electron chi connectivity index (χ0n) is 17.5. The van der Waals surface area contributed by atoms with E-state index in [4.69, 9.17) is 9.73 Å². The monoisotopic (exact) mass is 508 g/mol. The molecule has 0 unspecified atom stereocenters. The molecule has 0 amide bonds. The van der Waals surface area contributed by atoms with Crippen LogP contribution in [0.4, 0.5) is 5.69 Å². The maximum Gasteiger partial charge on any atom is 0.191 e. The highest BCUT2D eigenvalue weighted by Crippen LogP contribution is 2.17. The molecule has 29 heavy (non-hydrogen) atoms. The molecule has 0 aromatic heterocycles. The summed E-state index contributed by atoms with van der Waals surface area (Å²) >= 11 is 0. The zero-order valence-corrected chi connectivity index (χ0v) is 19.8. The highest BCUT2D eigenvalue weighted by Gasteiger charge is 2.10. The van der Waals surface area contributed by atoms with Crippen LogP contribution in [-0.2, 0) is 24.2 Å². The van der Waals surface area contributed by atoms with Gasteiger partial charge in [0.25, 0.3) is 0 Å². The van der Waals surface area contributed by atoms with Crippen molar-refractivity contribution in [2.24, 2.45) is 4.99 Å². The van der Waals surface area contributed by atoms with E-state index in [1.165, 1.54) is 22.4 Å². The molecule has 3 rings (SSSR count). The van der Waals surface area contributed by atoms with Gasteiger partial charge in [-0.15, -0.1) is 24.0 Å². The zero-order chi connectivity index (χ0) is 19.6. The number of ether oxygens (including phenoxy) is 1. The highest BCUT2D eigenvalue weighted by molar-refractivity contribution is 14.0. The summed E-state index contributed by atoms with van der Waals surface area (Å²) in [6.07, 6.45) is 1.04. The van der Waals surface area contributed by atoms with Gasteiger partial charge in [0.15, 0.2) is 5.96 Å². The Balaban J connectivity index is 0.00000300. The van der Waals surface area contributed by atoms with Crippen LogP contribution in [0.1, 0.15) is 30.5 Å². The molecule has 1 heterocycles. The van der Waals surface area contributed by atoms with Crippen molar-refractivity contribution in [3.8, 4) is 0 Å². The largest absolute Gasteiger partial charge is 0.378 e. The number of rotatable bonds is 7. The van der Waals surface area contributed by atoms with E-state index in [0.29, 0.717) is 6.54 Å². The second-order valence-corrected chi connectivity index (χ2v) is 6.94. The molecule has 1 saturated heterocycles. The molecule has 6 heteroatoms. The number of guanidine groups is 1. The molecule has 2 N–H and O–H groups in total. The summed E-state index contributed by atoms with van der Waals surface area (Å²) in [7, 11) is 0. The number of morpholine rings is 1. The number of nitrogens with one attached hydrogen (secondary N) is 2. The van der Waals surface area contributed by atoms with E-state index in [1.807, 2.05) is 0 Å². The Hall–Kier alpha value is -1.80. The molecule has 0 aliphatic carbocycles. The minimum atomic E-state index is 0. The first-order valence-corrected chi connectivity index (χ1v) is 10.3. The van der Waals surface area contributed by atoms with Crippen molar-refractivity contribution in [1.29, 1.82) is 0 Å². The summed E-state index contributed by atoms with van der Waals surface area (Å²) in [6.45, 7) is 10.1. The molecule has 0 saturated carbocycles. The molecule has 1 aliphatic rings. The third kappa shape index (κ3) is 7.19.